The average molecular weight is 406 g/mol. The Morgan fingerprint density at radius 1 is 1.15 bits per heavy atom. The number of rotatable bonds is 8. The first kappa shape index (κ1) is 19.2. The summed E-state index contributed by atoms with van der Waals surface area (Å²) in [5.74, 6) is -0.280. The van der Waals surface area contributed by atoms with E-state index in [0.717, 1.165) is 5.56 Å². The summed E-state index contributed by atoms with van der Waals surface area (Å²) in [6.45, 7) is 0.382. The second kappa shape index (κ2) is 8.88. The van der Waals surface area contributed by atoms with Crippen LogP contribution in [0.15, 0.2) is 48.8 Å². The summed E-state index contributed by atoms with van der Waals surface area (Å²) in [7, 11) is 0. The van der Waals surface area contributed by atoms with Gasteiger partial charge >= 0.3 is 5.97 Å². The van der Waals surface area contributed by atoms with Crippen molar-refractivity contribution in [2.24, 2.45) is 0 Å². The van der Waals surface area contributed by atoms with Crippen molar-refractivity contribution in [2.75, 3.05) is 6.61 Å². The summed E-state index contributed by atoms with van der Waals surface area (Å²) in [5.41, 5.74) is 2.27. The number of unbranched alkanes of at least 4 members (excludes halogenated alkanes) is 1. The molecule has 0 aliphatic heterocycles. The standard InChI is InChI=1S/C19H17Cl2N3O3/c20-15-7-6-14(10-16(15)21)24-18(27-9-2-1-5-19(25)26)11-17(23-24)13-4-3-8-22-12-13/h3-4,6-8,10-12H,1-2,5,9H2,(H,25,26). The van der Waals surface area contributed by atoms with E-state index < -0.39 is 5.97 Å². The third-order valence-corrected chi connectivity index (χ3v) is 4.56. The molecule has 27 heavy (non-hydrogen) atoms. The fourth-order valence-electron chi connectivity index (χ4n) is 2.48. The zero-order chi connectivity index (χ0) is 19.2. The summed E-state index contributed by atoms with van der Waals surface area (Å²) in [6.07, 6.45) is 4.71. The molecular weight excluding hydrogens is 389 g/mol. The predicted octanol–water partition coefficient (Wildman–Crippen LogP) is 4.87. The van der Waals surface area contributed by atoms with E-state index in [1.54, 1.807) is 35.3 Å². The Morgan fingerprint density at radius 3 is 2.70 bits per heavy atom. The highest BCUT2D eigenvalue weighted by Crippen LogP contribution is 2.29. The van der Waals surface area contributed by atoms with Gasteiger partial charge < -0.3 is 9.84 Å². The fourth-order valence-corrected chi connectivity index (χ4v) is 2.77. The Morgan fingerprint density at radius 2 is 2.00 bits per heavy atom. The fraction of sp³-hybridized carbons (Fsp3) is 0.211. The maximum Gasteiger partial charge on any atom is 0.303 e. The van der Waals surface area contributed by atoms with Crippen molar-refractivity contribution < 1.29 is 14.6 Å². The van der Waals surface area contributed by atoms with Crippen molar-refractivity contribution in [3.05, 3.63) is 58.8 Å². The number of pyridine rings is 1. The normalized spacial score (nSPS) is 10.7. The van der Waals surface area contributed by atoms with Gasteiger partial charge in [-0.3, -0.25) is 9.78 Å². The summed E-state index contributed by atoms with van der Waals surface area (Å²) in [6, 6.07) is 10.8. The highest BCUT2D eigenvalue weighted by molar-refractivity contribution is 6.42. The van der Waals surface area contributed by atoms with Crippen molar-refractivity contribution >= 4 is 29.2 Å². The van der Waals surface area contributed by atoms with Crippen molar-refractivity contribution in [1.29, 1.82) is 0 Å². The molecule has 8 heteroatoms. The third kappa shape index (κ3) is 4.99. The highest BCUT2D eigenvalue weighted by atomic mass is 35.5. The summed E-state index contributed by atoms with van der Waals surface area (Å²) in [5, 5.41) is 14.2. The van der Waals surface area contributed by atoms with Crippen LogP contribution < -0.4 is 4.74 Å². The largest absolute Gasteiger partial charge is 0.481 e. The van der Waals surface area contributed by atoms with Crippen LogP contribution in [-0.2, 0) is 4.79 Å². The number of aromatic nitrogens is 3. The second-order valence-electron chi connectivity index (χ2n) is 5.82. The maximum absolute atomic E-state index is 10.6. The van der Waals surface area contributed by atoms with E-state index in [0.29, 0.717) is 46.8 Å². The van der Waals surface area contributed by atoms with Crippen LogP contribution in [0.4, 0.5) is 0 Å². The number of nitrogens with zero attached hydrogens (tertiary/aromatic N) is 3. The lowest BCUT2D eigenvalue weighted by Crippen LogP contribution is -2.05. The Balaban J connectivity index is 1.86. The number of carboxylic acids is 1. The van der Waals surface area contributed by atoms with Crippen LogP contribution in [0.25, 0.3) is 16.9 Å². The lowest BCUT2D eigenvalue weighted by Gasteiger charge is -2.09. The van der Waals surface area contributed by atoms with Gasteiger partial charge in [-0.05, 0) is 43.2 Å². The molecule has 2 aromatic heterocycles. The molecule has 2 heterocycles. The van der Waals surface area contributed by atoms with Gasteiger partial charge in [-0.2, -0.15) is 5.10 Å². The summed E-state index contributed by atoms with van der Waals surface area (Å²) >= 11 is 12.1. The molecule has 0 atom stereocenters. The molecule has 0 aliphatic rings. The molecule has 0 saturated carbocycles. The lowest BCUT2D eigenvalue weighted by atomic mass is 10.2. The van der Waals surface area contributed by atoms with Crippen LogP contribution in [0.5, 0.6) is 5.88 Å². The first-order valence-electron chi connectivity index (χ1n) is 8.35. The van der Waals surface area contributed by atoms with E-state index >= 15 is 0 Å². The molecule has 0 saturated heterocycles. The molecule has 0 amide bonds. The Labute approximate surface area is 166 Å². The number of carboxylic acid groups (broad SMARTS) is 1. The number of benzene rings is 1. The smallest absolute Gasteiger partial charge is 0.303 e. The Kier molecular flexibility index (Phi) is 6.32. The first-order chi connectivity index (χ1) is 13.0. The minimum Gasteiger partial charge on any atom is -0.481 e. The van der Waals surface area contributed by atoms with Crippen molar-refractivity contribution in [1.82, 2.24) is 14.8 Å². The van der Waals surface area contributed by atoms with Crippen LogP contribution in [0.3, 0.4) is 0 Å². The Hall–Kier alpha value is -2.57. The molecule has 3 aromatic rings. The van der Waals surface area contributed by atoms with E-state index in [2.05, 4.69) is 10.1 Å². The third-order valence-electron chi connectivity index (χ3n) is 3.82. The Bertz CT molecular complexity index is 929. The van der Waals surface area contributed by atoms with E-state index in [9.17, 15) is 4.79 Å². The predicted molar refractivity (Wildman–Crippen MR) is 104 cm³/mol. The topological polar surface area (TPSA) is 77.2 Å². The van der Waals surface area contributed by atoms with E-state index in [1.807, 2.05) is 18.2 Å². The molecule has 0 bridgehead atoms. The zero-order valence-electron chi connectivity index (χ0n) is 14.3. The SMILES string of the molecule is O=C(O)CCCCOc1cc(-c2cccnc2)nn1-c1ccc(Cl)c(Cl)c1. The molecule has 0 fully saturated rings. The molecule has 1 N–H and O–H groups in total. The molecule has 6 nitrogen and oxygen atoms in total. The number of ether oxygens (including phenoxy) is 1. The molecule has 140 valence electrons. The van der Waals surface area contributed by atoms with Crippen LogP contribution in [-0.4, -0.2) is 32.4 Å². The average Bonchev–Trinajstić information content (AvgIpc) is 3.08. The molecule has 0 unspecified atom stereocenters. The van der Waals surface area contributed by atoms with Gasteiger partial charge in [-0.15, -0.1) is 0 Å². The van der Waals surface area contributed by atoms with Gasteiger partial charge in [0.05, 0.1) is 28.0 Å². The van der Waals surface area contributed by atoms with Gasteiger partial charge in [0.1, 0.15) is 0 Å². The second-order valence-corrected chi connectivity index (χ2v) is 6.63. The molecular formula is C19H17Cl2N3O3. The van der Waals surface area contributed by atoms with Gasteiger partial charge in [-0.1, -0.05) is 23.2 Å². The van der Waals surface area contributed by atoms with Crippen LogP contribution >= 0.6 is 23.2 Å². The van der Waals surface area contributed by atoms with E-state index in [1.165, 1.54) is 0 Å². The molecule has 1 aromatic carbocycles. The number of hydrogen-bond donors (Lipinski definition) is 1. The van der Waals surface area contributed by atoms with E-state index in [-0.39, 0.29) is 6.42 Å². The number of aliphatic carboxylic acids is 1. The molecule has 0 spiro atoms. The molecule has 0 aliphatic carbocycles. The summed E-state index contributed by atoms with van der Waals surface area (Å²) in [4.78, 5) is 14.7. The van der Waals surface area contributed by atoms with Crippen LogP contribution in [0.1, 0.15) is 19.3 Å². The number of hydrogen-bond acceptors (Lipinski definition) is 4. The maximum atomic E-state index is 10.6. The van der Waals surface area contributed by atoms with Gasteiger partial charge in [0.25, 0.3) is 0 Å². The first-order valence-corrected chi connectivity index (χ1v) is 9.10. The van der Waals surface area contributed by atoms with Crippen molar-refractivity contribution in [2.45, 2.75) is 19.3 Å². The molecule has 3 rings (SSSR count). The van der Waals surface area contributed by atoms with Gasteiger partial charge in [-0.25, -0.2) is 4.68 Å². The highest BCUT2D eigenvalue weighted by Gasteiger charge is 2.14. The zero-order valence-corrected chi connectivity index (χ0v) is 15.8. The number of carbonyl (C=O) groups is 1. The van der Waals surface area contributed by atoms with Gasteiger partial charge in [0.2, 0.25) is 5.88 Å². The lowest BCUT2D eigenvalue weighted by molar-refractivity contribution is -0.137. The monoisotopic (exact) mass is 405 g/mol. The number of halogens is 2. The van der Waals surface area contributed by atoms with Crippen molar-refractivity contribution in [3.8, 4) is 22.8 Å². The van der Waals surface area contributed by atoms with E-state index in [4.69, 9.17) is 33.0 Å². The van der Waals surface area contributed by atoms with Crippen molar-refractivity contribution in [3.63, 3.8) is 0 Å². The minimum absolute atomic E-state index is 0.121. The van der Waals surface area contributed by atoms with Crippen LogP contribution in [0.2, 0.25) is 10.0 Å². The summed E-state index contributed by atoms with van der Waals surface area (Å²) < 4.78 is 7.50. The van der Waals surface area contributed by atoms with Gasteiger partial charge in [0, 0.05) is 30.4 Å². The molecule has 0 radical (unpaired) electrons. The quantitative estimate of drug-likeness (QED) is 0.540. The van der Waals surface area contributed by atoms with Crippen LogP contribution in [0, 0.1) is 0 Å². The minimum atomic E-state index is -0.810. The van der Waals surface area contributed by atoms with Gasteiger partial charge in [0.15, 0.2) is 0 Å².